The van der Waals surface area contributed by atoms with Gasteiger partial charge in [0, 0.05) is 17.1 Å². The average molecular weight is 126 g/mol. The maximum atomic E-state index is 8.67. The van der Waals surface area contributed by atoms with Crippen molar-refractivity contribution < 1.29 is 21.9 Å². The zero-order valence-corrected chi connectivity index (χ0v) is 3.57. The van der Waals surface area contributed by atoms with Crippen molar-refractivity contribution in [3.63, 3.8) is 0 Å². The molecule has 0 amide bonds. The van der Waals surface area contributed by atoms with Crippen LogP contribution in [0.15, 0.2) is 0 Å². The van der Waals surface area contributed by atoms with Crippen LogP contribution in [-0.2, 0) is 21.9 Å². The van der Waals surface area contributed by atoms with E-state index in [-0.39, 0.29) is 17.1 Å². The Balaban J connectivity index is 0. The zero-order valence-electron chi connectivity index (χ0n) is 1.73. The van der Waals surface area contributed by atoms with E-state index in [0.717, 1.165) is 0 Å². The molecule has 0 aromatic heterocycles. The van der Waals surface area contributed by atoms with Crippen molar-refractivity contribution in [1.29, 1.82) is 0 Å². The zero-order chi connectivity index (χ0) is 2.71. The van der Waals surface area contributed by atoms with E-state index in [0.29, 0.717) is 5.62 Å². The third-order valence-electron chi connectivity index (χ3n) is 0. The minimum atomic E-state index is 0. The van der Waals surface area contributed by atoms with Crippen molar-refractivity contribution in [2.45, 2.75) is 0 Å². The average Bonchev–Trinajstić information content (AvgIpc) is 0.918. The summed E-state index contributed by atoms with van der Waals surface area (Å²) in [6.07, 6.45) is 0. The van der Waals surface area contributed by atoms with Gasteiger partial charge in [0.1, 0.15) is 0 Å². The summed E-state index contributed by atoms with van der Waals surface area (Å²) in [6, 6.07) is 0. The van der Waals surface area contributed by atoms with Crippen molar-refractivity contribution in [3.8, 4) is 0 Å². The van der Waals surface area contributed by atoms with Crippen LogP contribution < -0.4 is 0 Å². The molecule has 0 bridgehead atoms. The second-order valence-electron chi connectivity index (χ2n) is 0.105. The van der Waals surface area contributed by atoms with Gasteiger partial charge in [0.15, 0.2) is 5.62 Å². The SMILES string of the molecule is O=CS.[Cu]. The number of hydrogen-bond donors (Lipinski definition) is 1. The molecule has 0 rings (SSSR count). The molecule has 0 aliphatic rings. The van der Waals surface area contributed by atoms with E-state index in [1.807, 2.05) is 0 Å². The number of rotatable bonds is 0. The summed E-state index contributed by atoms with van der Waals surface area (Å²) < 4.78 is 0. The van der Waals surface area contributed by atoms with E-state index in [1.54, 1.807) is 0 Å². The van der Waals surface area contributed by atoms with Gasteiger partial charge < -0.3 is 0 Å². The second-order valence-corrected chi connectivity index (χ2v) is 0.316. The minimum Gasteiger partial charge on any atom is -0.291 e. The van der Waals surface area contributed by atoms with Crippen molar-refractivity contribution >= 4 is 18.2 Å². The second kappa shape index (κ2) is 9.63. The van der Waals surface area contributed by atoms with Crippen molar-refractivity contribution in [1.82, 2.24) is 0 Å². The fourth-order valence-corrected chi connectivity index (χ4v) is 0. The summed E-state index contributed by atoms with van der Waals surface area (Å²) >= 11 is 3.11. The molecule has 0 aliphatic heterocycles. The molecule has 1 nitrogen and oxygen atoms in total. The third-order valence-corrected chi connectivity index (χ3v) is 0. The van der Waals surface area contributed by atoms with Crippen LogP contribution in [0.1, 0.15) is 0 Å². The number of hydrogen-bond acceptors (Lipinski definition) is 1. The van der Waals surface area contributed by atoms with Crippen molar-refractivity contribution in [2.24, 2.45) is 0 Å². The van der Waals surface area contributed by atoms with E-state index in [1.165, 1.54) is 0 Å². The molecular formula is CH2CuOS. The number of carbonyl (C=O) groups excluding carboxylic acids is 1. The quantitative estimate of drug-likeness (QED) is 0.276. The summed E-state index contributed by atoms with van der Waals surface area (Å²) in [5.41, 5.74) is 0.444. The van der Waals surface area contributed by atoms with Crippen LogP contribution in [0, 0.1) is 0 Å². The maximum absolute atomic E-state index is 8.67. The maximum Gasteiger partial charge on any atom is 0.173 e. The van der Waals surface area contributed by atoms with Gasteiger partial charge in [-0.1, -0.05) is 0 Å². The Bertz CT molecular complexity index is 15.5. The first kappa shape index (κ1) is 8.82. The molecule has 0 fully saturated rings. The molecule has 4 heavy (non-hydrogen) atoms. The fraction of sp³-hybridized carbons (Fsp3) is 0. The van der Waals surface area contributed by atoms with Gasteiger partial charge in [0.25, 0.3) is 0 Å². The van der Waals surface area contributed by atoms with Crippen molar-refractivity contribution in [2.75, 3.05) is 0 Å². The van der Waals surface area contributed by atoms with E-state index in [2.05, 4.69) is 12.6 Å². The topological polar surface area (TPSA) is 17.1 Å². The summed E-state index contributed by atoms with van der Waals surface area (Å²) in [4.78, 5) is 8.67. The first-order valence-corrected chi connectivity index (χ1v) is 1.01. The van der Waals surface area contributed by atoms with E-state index < -0.39 is 0 Å². The Morgan fingerprint density at radius 2 is 1.75 bits per heavy atom. The molecule has 0 atom stereocenters. The van der Waals surface area contributed by atoms with Crippen LogP contribution in [-0.4, -0.2) is 5.62 Å². The molecule has 0 saturated carbocycles. The Kier molecular flexibility index (Phi) is 21.2. The van der Waals surface area contributed by atoms with Crippen LogP contribution in [0.25, 0.3) is 0 Å². The molecule has 0 heterocycles. The van der Waals surface area contributed by atoms with Gasteiger partial charge >= 0.3 is 0 Å². The van der Waals surface area contributed by atoms with Crippen LogP contribution in [0.2, 0.25) is 0 Å². The van der Waals surface area contributed by atoms with Crippen molar-refractivity contribution in [3.05, 3.63) is 0 Å². The molecule has 0 aromatic carbocycles. The standard InChI is InChI=1S/CH2OS.Cu/c2-1-3;/h1H,(H,2,3);. The molecule has 0 saturated heterocycles. The number of thiol groups is 1. The Morgan fingerprint density at radius 1 is 1.75 bits per heavy atom. The predicted molar refractivity (Wildman–Crippen MR) is 15.7 cm³/mol. The molecule has 0 N–H and O–H groups in total. The summed E-state index contributed by atoms with van der Waals surface area (Å²) in [5.74, 6) is 0. The van der Waals surface area contributed by atoms with Gasteiger partial charge in [-0.15, -0.1) is 12.6 Å². The molecular weight excluding hydrogens is 124 g/mol. The Hall–Kier alpha value is 0.539. The molecule has 0 unspecified atom stereocenters. The van der Waals surface area contributed by atoms with Gasteiger partial charge in [0.2, 0.25) is 0 Å². The van der Waals surface area contributed by atoms with Crippen LogP contribution in [0.5, 0.6) is 0 Å². The summed E-state index contributed by atoms with van der Waals surface area (Å²) in [7, 11) is 0. The first-order valence-electron chi connectivity index (χ1n) is 0.494. The van der Waals surface area contributed by atoms with Gasteiger partial charge in [-0.05, 0) is 0 Å². The predicted octanol–water partition coefficient (Wildman–Crippen LogP) is 0.104. The monoisotopic (exact) mass is 125 g/mol. The van der Waals surface area contributed by atoms with Gasteiger partial charge in [-0.25, -0.2) is 0 Å². The third kappa shape index (κ3) is 20.7. The van der Waals surface area contributed by atoms with E-state index in [9.17, 15) is 0 Å². The van der Waals surface area contributed by atoms with Gasteiger partial charge in [0.05, 0.1) is 0 Å². The minimum absolute atomic E-state index is 0. The Morgan fingerprint density at radius 3 is 1.75 bits per heavy atom. The van der Waals surface area contributed by atoms with Crippen LogP contribution >= 0.6 is 12.6 Å². The molecule has 0 aromatic rings. The fourth-order valence-electron chi connectivity index (χ4n) is 0. The molecule has 29 valence electrons. The molecule has 3 heteroatoms. The smallest absolute Gasteiger partial charge is 0.173 e. The molecule has 0 spiro atoms. The summed E-state index contributed by atoms with van der Waals surface area (Å²) in [6.45, 7) is 0. The molecule has 1 radical (unpaired) electrons. The summed E-state index contributed by atoms with van der Waals surface area (Å²) in [5, 5.41) is 0. The largest absolute Gasteiger partial charge is 0.291 e. The van der Waals surface area contributed by atoms with E-state index in [4.69, 9.17) is 4.79 Å². The normalized spacial score (nSPS) is 3.25. The van der Waals surface area contributed by atoms with Gasteiger partial charge in [-0.2, -0.15) is 0 Å². The van der Waals surface area contributed by atoms with Gasteiger partial charge in [-0.3, -0.25) is 4.79 Å². The van der Waals surface area contributed by atoms with E-state index >= 15 is 0 Å². The molecule has 0 aliphatic carbocycles. The number of carbonyl (C=O) groups is 1. The Labute approximate surface area is 40.7 Å². The van der Waals surface area contributed by atoms with Crippen LogP contribution in [0.3, 0.4) is 0 Å². The first-order chi connectivity index (χ1) is 1.41. The van der Waals surface area contributed by atoms with Crippen LogP contribution in [0.4, 0.5) is 0 Å².